The Morgan fingerprint density at radius 1 is 1.00 bits per heavy atom. The smallest absolute Gasteiger partial charge is 0.161 e. The minimum Gasteiger partial charge on any atom is -0.490 e. The summed E-state index contributed by atoms with van der Waals surface area (Å²) >= 11 is 0. The average molecular weight is 343 g/mol. The molecule has 4 rings (SSSR count). The third-order valence-corrected chi connectivity index (χ3v) is 4.49. The maximum Gasteiger partial charge on any atom is 0.161 e. The normalized spacial score (nSPS) is 17.6. The SMILES string of the molecule is CC(C)Nc1cnc(N2CCOCC2)c2cc3c(cc12)OCCCO3. The van der Waals surface area contributed by atoms with Crippen molar-refractivity contribution in [3.63, 3.8) is 0 Å². The molecule has 2 aromatic rings. The third kappa shape index (κ3) is 3.31. The van der Waals surface area contributed by atoms with E-state index in [2.05, 4.69) is 36.2 Å². The Balaban J connectivity index is 1.86. The van der Waals surface area contributed by atoms with Crippen LogP contribution in [0.4, 0.5) is 11.5 Å². The number of benzene rings is 1. The molecule has 1 saturated heterocycles. The third-order valence-electron chi connectivity index (χ3n) is 4.49. The van der Waals surface area contributed by atoms with Crippen LogP contribution in [0, 0.1) is 0 Å². The highest BCUT2D eigenvalue weighted by Gasteiger charge is 2.20. The molecule has 1 N–H and O–H groups in total. The van der Waals surface area contributed by atoms with Crippen molar-refractivity contribution in [2.24, 2.45) is 0 Å². The summed E-state index contributed by atoms with van der Waals surface area (Å²) in [6.07, 6.45) is 2.83. The van der Waals surface area contributed by atoms with Crippen LogP contribution in [0.1, 0.15) is 20.3 Å². The minimum absolute atomic E-state index is 0.329. The van der Waals surface area contributed by atoms with E-state index in [9.17, 15) is 0 Å². The number of hydrogen-bond donors (Lipinski definition) is 1. The molecule has 0 unspecified atom stereocenters. The summed E-state index contributed by atoms with van der Waals surface area (Å²) < 4.78 is 17.3. The van der Waals surface area contributed by atoms with Gasteiger partial charge in [-0.15, -0.1) is 0 Å². The van der Waals surface area contributed by atoms with E-state index in [0.717, 1.165) is 66.5 Å². The van der Waals surface area contributed by atoms with Gasteiger partial charge in [0.15, 0.2) is 11.5 Å². The first kappa shape index (κ1) is 16.3. The molecule has 2 aliphatic heterocycles. The van der Waals surface area contributed by atoms with E-state index < -0.39 is 0 Å². The second kappa shape index (κ2) is 6.96. The lowest BCUT2D eigenvalue weighted by molar-refractivity contribution is 0.122. The minimum atomic E-state index is 0.329. The van der Waals surface area contributed by atoms with Crippen molar-refractivity contribution >= 4 is 22.3 Å². The van der Waals surface area contributed by atoms with Gasteiger partial charge in [-0.3, -0.25) is 0 Å². The molecule has 0 amide bonds. The van der Waals surface area contributed by atoms with Crippen LogP contribution in [0.5, 0.6) is 11.5 Å². The molecule has 25 heavy (non-hydrogen) atoms. The standard InChI is InChI=1S/C19H25N3O3/c1-13(2)21-16-12-20-19(22-4-8-23-9-5-22)15-11-18-17(10-14(15)16)24-6-3-7-25-18/h10-13,21H,3-9H2,1-2H3. The molecule has 1 aromatic heterocycles. The molecule has 6 nitrogen and oxygen atoms in total. The summed E-state index contributed by atoms with van der Waals surface area (Å²) in [6.45, 7) is 8.81. The fourth-order valence-corrected chi connectivity index (χ4v) is 3.33. The lowest BCUT2D eigenvalue weighted by Crippen LogP contribution is -2.36. The summed E-state index contributed by atoms with van der Waals surface area (Å²) in [5.41, 5.74) is 1.03. The van der Waals surface area contributed by atoms with E-state index in [1.807, 2.05) is 6.20 Å². The van der Waals surface area contributed by atoms with E-state index >= 15 is 0 Å². The van der Waals surface area contributed by atoms with E-state index in [1.54, 1.807) is 0 Å². The summed E-state index contributed by atoms with van der Waals surface area (Å²) in [5.74, 6) is 2.61. The molecule has 0 spiro atoms. The highest BCUT2D eigenvalue weighted by molar-refractivity contribution is 6.02. The van der Waals surface area contributed by atoms with Crippen LogP contribution >= 0.6 is 0 Å². The van der Waals surface area contributed by atoms with Gasteiger partial charge in [-0.1, -0.05) is 0 Å². The number of hydrogen-bond acceptors (Lipinski definition) is 6. The topological polar surface area (TPSA) is 55.9 Å². The van der Waals surface area contributed by atoms with Crippen molar-refractivity contribution in [1.82, 2.24) is 4.98 Å². The second-order valence-electron chi connectivity index (χ2n) is 6.79. The second-order valence-corrected chi connectivity index (χ2v) is 6.79. The maximum atomic E-state index is 5.90. The molecule has 0 atom stereocenters. The Morgan fingerprint density at radius 3 is 2.36 bits per heavy atom. The zero-order valence-electron chi connectivity index (χ0n) is 14.9. The van der Waals surface area contributed by atoms with Crippen molar-refractivity contribution in [3.05, 3.63) is 18.3 Å². The Kier molecular flexibility index (Phi) is 4.53. The van der Waals surface area contributed by atoms with Crippen LogP contribution in [0.25, 0.3) is 10.8 Å². The van der Waals surface area contributed by atoms with Crippen LogP contribution in [0.3, 0.4) is 0 Å². The average Bonchev–Trinajstić information content (AvgIpc) is 2.85. The predicted octanol–water partition coefficient (Wildman–Crippen LogP) is 3.05. The quantitative estimate of drug-likeness (QED) is 0.924. The van der Waals surface area contributed by atoms with E-state index in [1.165, 1.54) is 0 Å². The molecule has 0 radical (unpaired) electrons. The lowest BCUT2D eigenvalue weighted by Gasteiger charge is -2.29. The van der Waals surface area contributed by atoms with Gasteiger partial charge in [0.1, 0.15) is 5.82 Å². The van der Waals surface area contributed by atoms with E-state index in [0.29, 0.717) is 19.3 Å². The van der Waals surface area contributed by atoms with Gasteiger partial charge in [-0.2, -0.15) is 0 Å². The van der Waals surface area contributed by atoms with Gasteiger partial charge in [-0.05, 0) is 26.0 Å². The number of rotatable bonds is 3. The Morgan fingerprint density at radius 2 is 1.68 bits per heavy atom. The molecule has 134 valence electrons. The summed E-state index contributed by atoms with van der Waals surface area (Å²) in [4.78, 5) is 7.05. The Bertz CT molecular complexity index is 757. The van der Waals surface area contributed by atoms with Gasteiger partial charge >= 0.3 is 0 Å². The van der Waals surface area contributed by atoms with Gasteiger partial charge in [0.05, 0.1) is 38.3 Å². The first-order chi connectivity index (χ1) is 12.2. The van der Waals surface area contributed by atoms with Gasteiger partial charge in [0.2, 0.25) is 0 Å². The molecule has 0 saturated carbocycles. The molecule has 1 aromatic carbocycles. The van der Waals surface area contributed by atoms with Crippen molar-refractivity contribution in [2.75, 3.05) is 49.7 Å². The molecule has 0 aliphatic carbocycles. The summed E-state index contributed by atoms with van der Waals surface area (Å²) in [7, 11) is 0. The van der Waals surface area contributed by atoms with Crippen LogP contribution in [0.15, 0.2) is 18.3 Å². The fraction of sp³-hybridized carbons (Fsp3) is 0.526. The van der Waals surface area contributed by atoms with Gasteiger partial charge < -0.3 is 24.4 Å². The lowest BCUT2D eigenvalue weighted by atomic mass is 10.1. The first-order valence-corrected chi connectivity index (χ1v) is 9.04. The number of pyridine rings is 1. The number of nitrogens with zero attached hydrogens (tertiary/aromatic N) is 2. The van der Waals surface area contributed by atoms with Gasteiger partial charge in [0, 0.05) is 36.3 Å². The van der Waals surface area contributed by atoms with Crippen molar-refractivity contribution in [3.8, 4) is 11.5 Å². The zero-order valence-corrected chi connectivity index (χ0v) is 14.9. The first-order valence-electron chi connectivity index (χ1n) is 9.04. The monoisotopic (exact) mass is 343 g/mol. The molecule has 1 fully saturated rings. The molecular formula is C19H25N3O3. The van der Waals surface area contributed by atoms with E-state index in [4.69, 9.17) is 19.2 Å². The fourth-order valence-electron chi connectivity index (χ4n) is 3.33. The molecule has 2 aliphatic rings. The molecule has 6 heteroatoms. The zero-order chi connectivity index (χ0) is 17.2. The Hall–Kier alpha value is -2.21. The van der Waals surface area contributed by atoms with Crippen molar-refractivity contribution < 1.29 is 14.2 Å². The van der Waals surface area contributed by atoms with Crippen LogP contribution in [-0.4, -0.2) is 50.5 Å². The number of aromatic nitrogens is 1. The van der Waals surface area contributed by atoms with Gasteiger partial charge in [-0.25, -0.2) is 4.98 Å². The highest BCUT2D eigenvalue weighted by atomic mass is 16.5. The molecular weight excluding hydrogens is 318 g/mol. The van der Waals surface area contributed by atoms with Crippen LogP contribution < -0.4 is 19.7 Å². The Labute approximate surface area is 148 Å². The molecule has 3 heterocycles. The van der Waals surface area contributed by atoms with Gasteiger partial charge in [0.25, 0.3) is 0 Å². The molecule has 0 bridgehead atoms. The number of fused-ring (bicyclic) bond motifs is 2. The van der Waals surface area contributed by atoms with E-state index in [-0.39, 0.29) is 0 Å². The predicted molar refractivity (Wildman–Crippen MR) is 99.1 cm³/mol. The highest BCUT2D eigenvalue weighted by Crippen LogP contribution is 2.40. The summed E-state index contributed by atoms with van der Waals surface area (Å²) in [5, 5.41) is 5.71. The largest absolute Gasteiger partial charge is 0.490 e. The summed E-state index contributed by atoms with van der Waals surface area (Å²) in [6, 6.07) is 4.50. The maximum absolute atomic E-state index is 5.90. The number of morpholine rings is 1. The van der Waals surface area contributed by atoms with Crippen molar-refractivity contribution in [1.29, 1.82) is 0 Å². The number of anilines is 2. The number of ether oxygens (including phenoxy) is 3. The van der Waals surface area contributed by atoms with Crippen molar-refractivity contribution in [2.45, 2.75) is 26.3 Å². The number of nitrogens with one attached hydrogen (secondary N) is 1. The van der Waals surface area contributed by atoms with Crippen LogP contribution in [0.2, 0.25) is 0 Å². The van der Waals surface area contributed by atoms with Crippen LogP contribution in [-0.2, 0) is 4.74 Å².